The van der Waals surface area contributed by atoms with Crippen molar-refractivity contribution < 1.29 is 23.9 Å². The van der Waals surface area contributed by atoms with E-state index in [1.807, 2.05) is 37.8 Å². The van der Waals surface area contributed by atoms with Crippen LogP contribution in [-0.2, 0) is 9.47 Å². The molecule has 2 amide bonds. The van der Waals surface area contributed by atoms with Gasteiger partial charge in [-0.25, -0.2) is 24.5 Å². The molecule has 13 heteroatoms. The number of aromatic nitrogens is 4. The van der Waals surface area contributed by atoms with Crippen molar-refractivity contribution in [3.05, 3.63) is 84.4 Å². The predicted octanol–water partition coefficient (Wildman–Crippen LogP) is 4.91. The summed E-state index contributed by atoms with van der Waals surface area (Å²) in [6, 6.07) is 13.7. The summed E-state index contributed by atoms with van der Waals surface area (Å²) < 4.78 is 10.4. The van der Waals surface area contributed by atoms with E-state index >= 15 is 0 Å². The van der Waals surface area contributed by atoms with E-state index in [-0.39, 0.29) is 24.1 Å². The van der Waals surface area contributed by atoms with Gasteiger partial charge in [0, 0.05) is 54.6 Å². The van der Waals surface area contributed by atoms with E-state index in [0.717, 1.165) is 17.8 Å². The van der Waals surface area contributed by atoms with Crippen LogP contribution in [0.5, 0.6) is 0 Å². The Morgan fingerprint density at radius 1 is 0.891 bits per heavy atom. The van der Waals surface area contributed by atoms with E-state index in [0.29, 0.717) is 47.2 Å². The van der Waals surface area contributed by atoms with Gasteiger partial charge >= 0.3 is 12.1 Å². The van der Waals surface area contributed by atoms with Gasteiger partial charge in [-0.05, 0) is 69.7 Å². The second kappa shape index (κ2) is 12.4. The third-order valence-corrected chi connectivity index (χ3v) is 7.67. The SMILES string of the molecule is COC(=O)c1ccc(C(=O)Nc2cc(Nc3cnccn3)nc(-c3ccnc(N4CC5CC4CN5C(=O)OC(C)(C)C)c3)c2)cc1. The molecule has 1 aromatic carbocycles. The number of ether oxygens (including phenoxy) is 2. The molecule has 0 saturated carbocycles. The Hall–Kier alpha value is -5.59. The van der Waals surface area contributed by atoms with Gasteiger partial charge in [0.05, 0.1) is 36.6 Å². The van der Waals surface area contributed by atoms with Crippen LogP contribution in [0.25, 0.3) is 11.3 Å². The number of benzene rings is 1. The van der Waals surface area contributed by atoms with Crippen LogP contribution in [0.2, 0.25) is 0 Å². The van der Waals surface area contributed by atoms with E-state index in [4.69, 9.17) is 14.5 Å². The Morgan fingerprint density at radius 3 is 2.35 bits per heavy atom. The highest BCUT2D eigenvalue weighted by Gasteiger charge is 2.47. The second-order valence-electron chi connectivity index (χ2n) is 12.1. The maximum atomic E-state index is 13.2. The van der Waals surface area contributed by atoms with Gasteiger partial charge in [-0.3, -0.25) is 9.78 Å². The first-order chi connectivity index (χ1) is 22.1. The number of esters is 1. The number of anilines is 4. The van der Waals surface area contributed by atoms with Gasteiger partial charge in [0.2, 0.25) is 0 Å². The Balaban J connectivity index is 1.25. The van der Waals surface area contributed by atoms with Crippen molar-refractivity contribution >= 4 is 41.1 Å². The number of amides is 2. The summed E-state index contributed by atoms with van der Waals surface area (Å²) >= 11 is 0. The fraction of sp³-hybridized carbons (Fsp3) is 0.303. The average Bonchev–Trinajstić information content (AvgIpc) is 3.66. The summed E-state index contributed by atoms with van der Waals surface area (Å²) in [6.45, 7) is 6.82. The predicted molar refractivity (Wildman–Crippen MR) is 171 cm³/mol. The molecule has 0 radical (unpaired) electrons. The Bertz CT molecular complexity index is 1760. The zero-order valence-corrected chi connectivity index (χ0v) is 25.9. The molecule has 2 unspecified atom stereocenters. The lowest BCUT2D eigenvalue weighted by Gasteiger charge is -2.35. The smallest absolute Gasteiger partial charge is 0.410 e. The highest BCUT2D eigenvalue weighted by Crippen LogP contribution is 2.36. The number of pyridine rings is 2. The van der Waals surface area contributed by atoms with Gasteiger partial charge in [-0.1, -0.05) is 0 Å². The summed E-state index contributed by atoms with van der Waals surface area (Å²) in [5.41, 5.74) is 2.03. The molecule has 13 nitrogen and oxygen atoms in total. The van der Waals surface area contributed by atoms with Crippen LogP contribution in [0.15, 0.2) is 73.3 Å². The third-order valence-electron chi connectivity index (χ3n) is 7.67. The third kappa shape index (κ3) is 6.72. The van der Waals surface area contributed by atoms with E-state index < -0.39 is 11.6 Å². The number of carbonyl (C=O) groups is 3. The number of nitrogens with zero attached hydrogens (tertiary/aromatic N) is 6. The first kappa shape index (κ1) is 30.4. The number of carbonyl (C=O) groups excluding carboxylic acids is 3. The van der Waals surface area contributed by atoms with Crippen LogP contribution in [-0.4, -0.2) is 80.7 Å². The monoisotopic (exact) mass is 622 g/mol. The molecule has 3 aromatic heterocycles. The van der Waals surface area contributed by atoms with Crippen molar-refractivity contribution in [1.82, 2.24) is 24.8 Å². The Labute approximate surface area is 266 Å². The lowest BCUT2D eigenvalue weighted by Crippen LogP contribution is -2.50. The van der Waals surface area contributed by atoms with Crippen LogP contribution < -0.4 is 15.5 Å². The van der Waals surface area contributed by atoms with Crippen molar-refractivity contribution in [3.63, 3.8) is 0 Å². The molecule has 0 spiro atoms. The van der Waals surface area contributed by atoms with Crippen LogP contribution >= 0.6 is 0 Å². The average molecular weight is 623 g/mol. The van der Waals surface area contributed by atoms with Gasteiger partial charge in [0.15, 0.2) is 0 Å². The minimum absolute atomic E-state index is 0.0476. The minimum Gasteiger partial charge on any atom is -0.465 e. The van der Waals surface area contributed by atoms with Crippen LogP contribution in [0.4, 0.5) is 27.9 Å². The maximum Gasteiger partial charge on any atom is 0.410 e. The molecule has 236 valence electrons. The molecule has 2 N–H and O–H groups in total. The summed E-state index contributed by atoms with van der Waals surface area (Å²) in [6.07, 6.45) is 7.00. The van der Waals surface area contributed by atoms with Crippen molar-refractivity contribution in [3.8, 4) is 11.3 Å². The zero-order chi connectivity index (χ0) is 32.4. The van der Waals surface area contributed by atoms with Gasteiger partial charge in [0.1, 0.15) is 23.1 Å². The van der Waals surface area contributed by atoms with Crippen molar-refractivity contribution in [2.45, 2.75) is 44.9 Å². The number of fused-ring (bicyclic) bond motifs is 2. The number of methoxy groups -OCH3 is 1. The molecule has 2 aliphatic heterocycles. The van der Waals surface area contributed by atoms with Crippen LogP contribution in [0, 0.1) is 0 Å². The van der Waals surface area contributed by atoms with Crippen molar-refractivity contribution in [2.24, 2.45) is 0 Å². The van der Waals surface area contributed by atoms with Crippen LogP contribution in [0.3, 0.4) is 0 Å². The van der Waals surface area contributed by atoms with E-state index in [2.05, 4.69) is 30.5 Å². The summed E-state index contributed by atoms with van der Waals surface area (Å²) in [5, 5.41) is 6.09. The first-order valence-electron chi connectivity index (χ1n) is 14.8. The maximum absolute atomic E-state index is 13.2. The van der Waals surface area contributed by atoms with E-state index in [1.54, 1.807) is 49.1 Å². The quantitative estimate of drug-likeness (QED) is 0.270. The highest BCUT2D eigenvalue weighted by atomic mass is 16.6. The first-order valence-corrected chi connectivity index (χ1v) is 14.8. The molecule has 46 heavy (non-hydrogen) atoms. The molecule has 0 aliphatic carbocycles. The number of piperazine rings is 1. The summed E-state index contributed by atoms with van der Waals surface area (Å²) in [5.74, 6) is 0.863. The van der Waals surface area contributed by atoms with Gasteiger partial charge in [-0.2, -0.15) is 0 Å². The lowest BCUT2D eigenvalue weighted by atomic mass is 10.1. The highest BCUT2D eigenvalue weighted by molar-refractivity contribution is 6.05. The molecule has 6 rings (SSSR count). The van der Waals surface area contributed by atoms with E-state index in [1.165, 1.54) is 19.2 Å². The lowest BCUT2D eigenvalue weighted by molar-refractivity contribution is 0.0214. The molecule has 5 heterocycles. The second-order valence-corrected chi connectivity index (χ2v) is 12.1. The molecule has 2 saturated heterocycles. The number of nitrogens with one attached hydrogen (secondary N) is 2. The number of likely N-dealkylation sites (tertiary alicyclic amines) is 1. The van der Waals surface area contributed by atoms with Crippen molar-refractivity contribution in [2.75, 3.05) is 35.7 Å². The van der Waals surface area contributed by atoms with Gasteiger partial charge in [-0.15, -0.1) is 0 Å². The minimum atomic E-state index is -0.550. The largest absolute Gasteiger partial charge is 0.465 e. The molecule has 4 aromatic rings. The molecule has 2 bridgehead atoms. The normalized spacial score (nSPS) is 17.0. The Kier molecular flexibility index (Phi) is 8.22. The molecule has 2 fully saturated rings. The fourth-order valence-electron chi connectivity index (χ4n) is 5.61. The number of hydrogen-bond acceptors (Lipinski definition) is 11. The van der Waals surface area contributed by atoms with Gasteiger partial charge < -0.3 is 29.9 Å². The Morgan fingerprint density at radius 2 is 1.67 bits per heavy atom. The fourth-order valence-corrected chi connectivity index (χ4v) is 5.61. The number of rotatable bonds is 7. The standard InChI is InChI=1S/C33H34N8O5/c1-33(2,3)46-32(44)41-19-24-16-25(41)18-40(24)29-13-22(9-10-36-29)26-14-23(15-27(38-26)39-28-17-34-11-12-35-28)37-30(42)20-5-7-21(8-6-20)31(43)45-4/h5-15,17,24-25H,16,18-19H2,1-4H3,(H2,35,37,38,39,42). The summed E-state index contributed by atoms with van der Waals surface area (Å²) in [4.78, 5) is 59.6. The molecular weight excluding hydrogens is 588 g/mol. The molecule has 2 aliphatic rings. The molecule has 2 atom stereocenters. The molecular formula is C33H34N8O5. The van der Waals surface area contributed by atoms with Crippen molar-refractivity contribution in [1.29, 1.82) is 0 Å². The van der Waals surface area contributed by atoms with E-state index in [9.17, 15) is 14.4 Å². The number of hydrogen-bond donors (Lipinski definition) is 2. The van der Waals surface area contributed by atoms with Crippen LogP contribution in [0.1, 0.15) is 47.9 Å². The topological polar surface area (TPSA) is 152 Å². The zero-order valence-electron chi connectivity index (χ0n) is 25.9. The van der Waals surface area contributed by atoms with Gasteiger partial charge in [0.25, 0.3) is 5.91 Å². The summed E-state index contributed by atoms with van der Waals surface area (Å²) in [7, 11) is 1.30.